The molecular weight excluding hydrogens is 270 g/mol. The molecular formula is C11H17N3O4S. The number of hydrogen-bond donors (Lipinski definition) is 1. The van der Waals surface area contributed by atoms with Crippen LogP contribution in [-0.2, 0) is 10.0 Å². The summed E-state index contributed by atoms with van der Waals surface area (Å²) in [7, 11) is -3.26. The lowest BCUT2D eigenvalue weighted by molar-refractivity contribution is 0.0692. The van der Waals surface area contributed by atoms with Crippen molar-refractivity contribution in [1.82, 2.24) is 14.8 Å². The number of nitrogens with one attached hydrogen (secondary N) is 1. The number of nitrogens with zero attached hydrogens (tertiary/aromatic N) is 2. The first-order chi connectivity index (χ1) is 8.85. The van der Waals surface area contributed by atoms with Crippen molar-refractivity contribution in [3.63, 3.8) is 0 Å². The monoisotopic (exact) mass is 287 g/mol. The van der Waals surface area contributed by atoms with Gasteiger partial charge in [0.1, 0.15) is 5.76 Å². The summed E-state index contributed by atoms with van der Waals surface area (Å²) in [4.78, 5) is 13.8. The Morgan fingerprint density at radius 1 is 1.58 bits per heavy atom. The molecule has 0 bridgehead atoms. The zero-order valence-electron chi connectivity index (χ0n) is 10.9. The Hall–Kier alpha value is -1.41. The second-order valence-corrected chi connectivity index (χ2v) is 6.58. The van der Waals surface area contributed by atoms with E-state index in [9.17, 15) is 13.2 Å². The summed E-state index contributed by atoms with van der Waals surface area (Å²) in [5.41, 5.74) is 0.262. The molecule has 1 saturated heterocycles. The van der Waals surface area contributed by atoms with E-state index in [2.05, 4.69) is 9.88 Å². The van der Waals surface area contributed by atoms with Gasteiger partial charge in [-0.05, 0) is 19.8 Å². The van der Waals surface area contributed by atoms with E-state index >= 15 is 0 Å². The van der Waals surface area contributed by atoms with Gasteiger partial charge in [-0.3, -0.25) is 4.79 Å². The molecule has 1 aromatic rings. The maximum atomic E-state index is 12.2. The van der Waals surface area contributed by atoms with Crippen LogP contribution in [0.3, 0.4) is 0 Å². The van der Waals surface area contributed by atoms with Crippen LogP contribution in [0.25, 0.3) is 0 Å². The lowest BCUT2D eigenvalue weighted by Crippen LogP contribution is -2.49. The van der Waals surface area contributed by atoms with Crippen molar-refractivity contribution < 1.29 is 17.7 Å². The van der Waals surface area contributed by atoms with Crippen LogP contribution in [0.4, 0.5) is 0 Å². The molecule has 1 aliphatic rings. The maximum absolute atomic E-state index is 12.2. The summed E-state index contributed by atoms with van der Waals surface area (Å²) in [5.74, 6) is 0.350. The minimum Gasteiger partial charge on any atom is -0.361 e. The predicted molar refractivity (Wildman–Crippen MR) is 68.1 cm³/mol. The van der Waals surface area contributed by atoms with Gasteiger partial charge < -0.3 is 9.42 Å². The van der Waals surface area contributed by atoms with Gasteiger partial charge in [0.25, 0.3) is 5.91 Å². The quantitative estimate of drug-likeness (QED) is 0.853. The fraction of sp³-hybridized carbons (Fsp3) is 0.636. The van der Waals surface area contributed by atoms with Gasteiger partial charge in [-0.1, -0.05) is 5.16 Å². The second-order valence-electron chi connectivity index (χ2n) is 4.80. The highest BCUT2D eigenvalue weighted by molar-refractivity contribution is 7.88. The number of sulfonamides is 1. The third-order valence-corrected chi connectivity index (χ3v) is 3.70. The Morgan fingerprint density at radius 3 is 2.89 bits per heavy atom. The molecule has 0 aromatic carbocycles. The number of hydrogen-bond acceptors (Lipinski definition) is 5. The molecule has 0 aliphatic carbocycles. The number of amides is 1. The predicted octanol–water partition coefficient (Wildman–Crippen LogP) is 0.137. The summed E-state index contributed by atoms with van der Waals surface area (Å²) in [6.07, 6.45) is 2.61. The molecule has 1 N–H and O–H groups in total. The van der Waals surface area contributed by atoms with Crippen molar-refractivity contribution in [1.29, 1.82) is 0 Å². The minimum atomic E-state index is -3.26. The first-order valence-corrected chi connectivity index (χ1v) is 7.94. The highest BCUT2D eigenvalue weighted by Gasteiger charge is 2.27. The minimum absolute atomic E-state index is 0.225. The molecule has 1 atom stereocenters. The molecule has 2 heterocycles. The molecule has 0 spiro atoms. The van der Waals surface area contributed by atoms with Gasteiger partial charge in [0.15, 0.2) is 5.69 Å². The first-order valence-electron chi connectivity index (χ1n) is 6.05. The molecule has 1 fully saturated rings. The van der Waals surface area contributed by atoms with E-state index in [1.165, 1.54) is 0 Å². The molecule has 1 amide bonds. The molecule has 8 heteroatoms. The molecule has 0 radical (unpaired) electrons. The summed E-state index contributed by atoms with van der Waals surface area (Å²) in [6.45, 7) is 2.68. The number of carbonyl (C=O) groups is 1. The highest BCUT2D eigenvalue weighted by atomic mass is 32.2. The Morgan fingerprint density at radius 2 is 2.32 bits per heavy atom. The number of carbonyl (C=O) groups excluding carboxylic acids is 1. The maximum Gasteiger partial charge on any atom is 0.276 e. The fourth-order valence-corrected chi connectivity index (χ4v) is 2.99. The fourth-order valence-electron chi connectivity index (χ4n) is 2.19. The average molecular weight is 287 g/mol. The number of piperidine rings is 1. The van der Waals surface area contributed by atoms with E-state index < -0.39 is 10.0 Å². The van der Waals surface area contributed by atoms with Gasteiger partial charge in [0.05, 0.1) is 6.26 Å². The van der Waals surface area contributed by atoms with Gasteiger partial charge >= 0.3 is 0 Å². The number of likely N-dealkylation sites (tertiary alicyclic amines) is 1. The molecule has 106 valence electrons. The van der Waals surface area contributed by atoms with Gasteiger partial charge in [-0.2, -0.15) is 0 Å². The summed E-state index contributed by atoms with van der Waals surface area (Å²) in [5, 5.41) is 3.69. The van der Waals surface area contributed by atoms with Gasteiger partial charge in [0, 0.05) is 25.2 Å². The van der Waals surface area contributed by atoms with E-state index in [1.807, 2.05) is 0 Å². The number of aromatic nitrogens is 1. The second kappa shape index (κ2) is 5.30. The van der Waals surface area contributed by atoms with Crippen molar-refractivity contribution in [3.8, 4) is 0 Å². The van der Waals surface area contributed by atoms with Gasteiger partial charge in [-0.25, -0.2) is 13.1 Å². The van der Waals surface area contributed by atoms with Crippen molar-refractivity contribution in [2.24, 2.45) is 0 Å². The molecule has 7 nitrogen and oxygen atoms in total. The van der Waals surface area contributed by atoms with Crippen LogP contribution >= 0.6 is 0 Å². The van der Waals surface area contributed by atoms with E-state index in [0.29, 0.717) is 18.8 Å². The lowest BCUT2D eigenvalue weighted by Gasteiger charge is -2.32. The average Bonchev–Trinajstić information content (AvgIpc) is 2.73. The van der Waals surface area contributed by atoms with Crippen LogP contribution in [0, 0.1) is 6.92 Å². The molecule has 0 saturated carbocycles. The first kappa shape index (κ1) is 14.0. The van der Waals surface area contributed by atoms with E-state index in [4.69, 9.17) is 4.52 Å². The Kier molecular flexibility index (Phi) is 3.91. The summed E-state index contributed by atoms with van der Waals surface area (Å²) < 4.78 is 29.8. The van der Waals surface area contributed by atoms with Crippen molar-refractivity contribution in [3.05, 3.63) is 17.5 Å². The zero-order chi connectivity index (χ0) is 14.0. The third kappa shape index (κ3) is 3.77. The molecule has 2 rings (SSSR count). The van der Waals surface area contributed by atoms with Gasteiger partial charge in [-0.15, -0.1) is 0 Å². The molecule has 1 aliphatic heterocycles. The third-order valence-electron chi connectivity index (χ3n) is 2.94. The zero-order valence-corrected chi connectivity index (χ0v) is 11.7. The van der Waals surface area contributed by atoms with Crippen LogP contribution in [0.1, 0.15) is 29.1 Å². The molecule has 0 unspecified atom stereocenters. The normalized spacial score (nSPS) is 20.5. The van der Waals surface area contributed by atoms with Crippen LogP contribution in [0.2, 0.25) is 0 Å². The largest absolute Gasteiger partial charge is 0.361 e. The SMILES string of the molecule is Cc1cc(C(=O)N2CCC[C@@H](NS(C)(=O)=O)C2)no1. The number of aryl methyl sites for hydroxylation is 1. The Labute approximate surface area is 112 Å². The van der Waals surface area contributed by atoms with E-state index in [1.54, 1.807) is 17.9 Å². The summed E-state index contributed by atoms with van der Waals surface area (Å²) in [6, 6.07) is 1.34. The van der Waals surface area contributed by atoms with Crippen molar-refractivity contribution >= 4 is 15.9 Å². The van der Waals surface area contributed by atoms with Crippen LogP contribution in [-0.4, -0.2) is 49.8 Å². The highest BCUT2D eigenvalue weighted by Crippen LogP contribution is 2.14. The van der Waals surface area contributed by atoms with E-state index in [0.717, 1.165) is 19.1 Å². The van der Waals surface area contributed by atoms with Crippen LogP contribution < -0.4 is 4.72 Å². The van der Waals surface area contributed by atoms with Gasteiger partial charge in [0.2, 0.25) is 10.0 Å². The Bertz CT molecular complexity index is 566. The standard InChI is InChI=1S/C11H17N3O4S/c1-8-6-10(12-18-8)11(15)14-5-3-4-9(7-14)13-19(2,16)17/h6,9,13H,3-5,7H2,1-2H3/t9-/m1/s1. The number of rotatable bonds is 3. The smallest absolute Gasteiger partial charge is 0.276 e. The lowest BCUT2D eigenvalue weighted by atomic mass is 10.1. The molecule has 19 heavy (non-hydrogen) atoms. The van der Waals surface area contributed by atoms with Crippen LogP contribution in [0.15, 0.2) is 10.6 Å². The Balaban J connectivity index is 2.03. The summed E-state index contributed by atoms with van der Waals surface area (Å²) >= 11 is 0. The topological polar surface area (TPSA) is 92.5 Å². The van der Waals surface area contributed by atoms with Crippen LogP contribution in [0.5, 0.6) is 0 Å². The molecule has 1 aromatic heterocycles. The van der Waals surface area contributed by atoms with Crippen molar-refractivity contribution in [2.75, 3.05) is 19.3 Å². The van der Waals surface area contributed by atoms with Crippen molar-refractivity contribution in [2.45, 2.75) is 25.8 Å². The van der Waals surface area contributed by atoms with E-state index in [-0.39, 0.29) is 17.6 Å².